The second kappa shape index (κ2) is 8.72. The second-order valence-electron chi connectivity index (χ2n) is 5.44. The lowest BCUT2D eigenvalue weighted by molar-refractivity contribution is -0.114. The molecule has 5 heteroatoms. The predicted molar refractivity (Wildman–Crippen MR) is 94.1 cm³/mol. The molecule has 2 rings (SSSR count). The average Bonchev–Trinajstić information content (AvgIpc) is 2.58. The maximum atomic E-state index is 12.2. The molecule has 2 N–H and O–H groups in total. The zero-order chi connectivity index (χ0) is 17.4. The molecule has 0 radical (unpaired) electrons. The number of nitrogens with one attached hydrogen (secondary N) is 2. The highest BCUT2D eigenvalue weighted by molar-refractivity contribution is 5.96. The summed E-state index contributed by atoms with van der Waals surface area (Å²) in [5.74, 6) is 0.474. The molecule has 5 nitrogen and oxygen atoms in total. The van der Waals surface area contributed by atoms with Gasteiger partial charge in [0, 0.05) is 24.7 Å². The Balaban J connectivity index is 1.91. The van der Waals surface area contributed by atoms with Gasteiger partial charge in [0.25, 0.3) is 5.91 Å². The third kappa shape index (κ3) is 5.43. The Hall–Kier alpha value is -2.82. The van der Waals surface area contributed by atoms with Crippen molar-refractivity contribution in [2.75, 3.05) is 11.9 Å². The molecule has 24 heavy (non-hydrogen) atoms. The van der Waals surface area contributed by atoms with Crippen LogP contribution in [0.3, 0.4) is 0 Å². The van der Waals surface area contributed by atoms with Gasteiger partial charge in [-0.15, -0.1) is 0 Å². The Bertz CT molecular complexity index is 696. The Kier molecular flexibility index (Phi) is 6.37. The van der Waals surface area contributed by atoms with Gasteiger partial charge in [0.1, 0.15) is 5.75 Å². The summed E-state index contributed by atoms with van der Waals surface area (Å²) in [6.45, 7) is 4.61. The Morgan fingerprint density at radius 2 is 1.83 bits per heavy atom. The highest BCUT2D eigenvalue weighted by Crippen LogP contribution is 2.13. The lowest BCUT2D eigenvalue weighted by Crippen LogP contribution is -2.22. The van der Waals surface area contributed by atoms with E-state index in [0.717, 1.165) is 17.7 Å². The molecule has 0 aliphatic rings. The van der Waals surface area contributed by atoms with Gasteiger partial charge in [-0.3, -0.25) is 9.59 Å². The van der Waals surface area contributed by atoms with Crippen LogP contribution in [0, 0.1) is 0 Å². The predicted octanol–water partition coefficient (Wildman–Crippen LogP) is 3.36. The maximum Gasteiger partial charge on any atom is 0.251 e. The summed E-state index contributed by atoms with van der Waals surface area (Å²) in [5, 5.41) is 5.53. The van der Waals surface area contributed by atoms with Gasteiger partial charge in [-0.1, -0.05) is 25.1 Å². The molecule has 0 aromatic heterocycles. The molecule has 0 atom stereocenters. The zero-order valence-electron chi connectivity index (χ0n) is 14.0. The molecule has 0 fully saturated rings. The van der Waals surface area contributed by atoms with Crippen molar-refractivity contribution in [3.8, 4) is 5.75 Å². The first kappa shape index (κ1) is 17.5. The van der Waals surface area contributed by atoms with Gasteiger partial charge in [0.05, 0.1) is 6.61 Å². The fourth-order valence-electron chi connectivity index (χ4n) is 2.15. The topological polar surface area (TPSA) is 67.4 Å². The normalized spacial score (nSPS) is 10.1. The summed E-state index contributed by atoms with van der Waals surface area (Å²) < 4.78 is 5.53. The van der Waals surface area contributed by atoms with Crippen LogP contribution in [0.2, 0.25) is 0 Å². The van der Waals surface area contributed by atoms with Crippen LogP contribution < -0.4 is 15.4 Å². The number of ether oxygens (including phenoxy) is 1. The molecule has 0 spiro atoms. The Morgan fingerprint density at radius 3 is 2.50 bits per heavy atom. The van der Waals surface area contributed by atoms with Gasteiger partial charge in [0.15, 0.2) is 0 Å². The number of rotatable bonds is 7. The molecular formula is C19H22N2O3. The van der Waals surface area contributed by atoms with Crippen LogP contribution in [-0.4, -0.2) is 18.4 Å². The molecule has 0 unspecified atom stereocenters. The van der Waals surface area contributed by atoms with Crippen molar-refractivity contribution in [3.05, 3.63) is 59.7 Å². The van der Waals surface area contributed by atoms with Gasteiger partial charge in [-0.2, -0.15) is 0 Å². The van der Waals surface area contributed by atoms with Crippen LogP contribution in [0.4, 0.5) is 5.69 Å². The smallest absolute Gasteiger partial charge is 0.251 e. The number of benzene rings is 2. The fourth-order valence-corrected chi connectivity index (χ4v) is 2.15. The van der Waals surface area contributed by atoms with Crippen molar-refractivity contribution in [2.45, 2.75) is 26.8 Å². The average molecular weight is 326 g/mol. The van der Waals surface area contributed by atoms with Crippen LogP contribution in [0.1, 0.15) is 36.2 Å². The van der Waals surface area contributed by atoms with Crippen molar-refractivity contribution in [3.63, 3.8) is 0 Å². The summed E-state index contributed by atoms with van der Waals surface area (Å²) in [6.07, 6.45) is 0.968. The molecule has 2 aromatic carbocycles. The monoisotopic (exact) mass is 326 g/mol. The Morgan fingerprint density at radius 1 is 1.08 bits per heavy atom. The molecule has 0 aliphatic carbocycles. The highest BCUT2D eigenvalue weighted by atomic mass is 16.5. The maximum absolute atomic E-state index is 12.2. The van der Waals surface area contributed by atoms with Crippen molar-refractivity contribution in [2.24, 2.45) is 0 Å². The number of anilines is 1. The molecule has 126 valence electrons. The van der Waals surface area contributed by atoms with E-state index in [-0.39, 0.29) is 11.8 Å². The van der Waals surface area contributed by atoms with Crippen LogP contribution in [0.5, 0.6) is 5.75 Å². The molecule has 2 aromatic rings. The van der Waals surface area contributed by atoms with Gasteiger partial charge in [-0.05, 0) is 42.3 Å². The van der Waals surface area contributed by atoms with Gasteiger partial charge >= 0.3 is 0 Å². The summed E-state index contributed by atoms with van der Waals surface area (Å²) in [6, 6.07) is 14.5. The minimum Gasteiger partial charge on any atom is -0.494 e. The van der Waals surface area contributed by atoms with E-state index in [9.17, 15) is 9.59 Å². The van der Waals surface area contributed by atoms with E-state index in [4.69, 9.17) is 4.74 Å². The SMILES string of the molecule is CCCOc1ccc(CNC(=O)c2cccc(NC(C)=O)c2)cc1. The largest absolute Gasteiger partial charge is 0.494 e. The van der Waals surface area contributed by atoms with Gasteiger partial charge in [-0.25, -0.2) is 0 Å². The molecule has 0 saturated carbocycles. The summed E-state index contributed by atoms with van der Waals surface area (Å²) in [5.41, 5.74) is 2.10. The first-order chi connectivity index (χ1) is 11.6. The summed E-state index contributed by atoms with van der Waals surface area (Å²) >= 11 is 0. The van der Waals surface area contributed by atoms with E-state index in [0.29, 0.717) is 24.4 Å². The van der Waals surface area contributed by atoms with E-state index in [1.807, 2.05) is 24.3 Å². The van der Waals surface area contributed by atoms with E-state index < -0.39 is 0 Å². The van der Waals surface area contributed by atoms with Gasteiger partial charge < -0.3 is 15.4 Å². The molecule has 0 heterocycles. The summed E-state index contributed by atoms with van der Waals surface area (Å²) in [7, 11) is 0. The molecular weight excluding hydrogens is 304 g/mol. The number of amides is 2. The lowest BCUT2D eigenvalue weighted by atomic mass is 10.1. The third-order valence-electron chi connectivity index (χ3n) is 3.29. The van der Waals surface area contributed by atoms with E-state index in [1.54, 1.807) is 24.3 Å². The van der Waals surface area contributed by atoms with Gasteiger partial charge in [0.2, 0.25) is 5.91 Å². The molecule has 0 bridgehead atoms. The van der Waals surface area contributed by atoms with E-state index >= 15 is 0 Å². The van der Waals surface area contributed by atoms with Crippen molar-refractivity contribution >= 4 is 17.5 Å². The molecule has 2 amide bonds. The number of carbonyl (C=O) groups excluding carboxylic acids is 2. The van der Waals surface area contributed by atoms with Crippen molar-refractivity contribution < 1.29 is 14.3 Å². The number of hydrogen-bond acceptors (Lipinski definition) is 3. The third-order valence-corrected chi connectivity index (χ3v) is 3.29. The van der Waals surface area contributed by atoms with Crippen LogP contribution in [-0.2, 0) is 11.3 Å². The van der Waals surface area contributed by atoms with Crippen LogP contribution in [0.15, 0.2) is 48.5 Å². The van der Waals surface area contributed by atoms with Crippen molar-refractivity contribution in [1.29, 1.82) is 0 Å². The molecule has 0 aliphatic heterocycles. The van der Waals surface area contributed by atoms with Crippen LogP contribution in [0.25, 0.3) is 0 Å². The zero-order valence-corrected chi connectivity index (χ0v) is 14.0. The van der Waals surface area contributed by atoms with E-state index in [1.165, 1.54) is 6.92 Å². The minimum absolute atomic E-state index is 0.169. The minimum atomic E-state index is -0.187. The molecule has 0 saturated heterocycles. The summed E-state index contributed by atoms with van der Waals surface area (Å²) in [4.78, 5) is 23.3. The van der Waals surface area contributed by atoms with E-state index in [2.05, 4.69) is 17.6 Å². The quantitative estimate of drug-likeness (QED) is 0.820. The number of carbonyl (C=O) groups is 2. The Labute approximate surface area is 142 Å². The van der Waals surface area contributed by atoms with Crippen LogP contribution >= 0.6 is 0 Å². The van der Waals surface area contributed by atoms with Crippen molar-refractivity contribution in [1.82, 2.24) is 5.32 Å². The fraction of sp³-hybridized carbons (Fsp3) is 0.263. The standard InChI is InChI=1S/C19H22N2O3/c1-3-11-24-18-9-7-15(8-10-18)13-20-19(23)16-5-4-6-17(12-16)21-14(2)22/h4-10,12H,3,11,13H2,1-2H3,(H,20,23)(H,21,22). The first-order valence-corrected chi connectivity index (χ1v) is 7.96. The highest BCUT2D eigenvalue weighted by Gasteiger charge is 2.07. The number of hydrogen-bond donors (Lipinski definition) is 2. The first-order valence-electron chi connectivity index (χ1n) is 7.96. The second-order valence-corrected chi connectivity index (χ2v) is 5.44. The lowest BCUT2D eigenvalue weighted by Gasteiger charge is -2.09.